The van der Waals surface area contributed by atoms with Crippen LogP contribution >= 0.6 is 0 Å². The van der Waals surface area contributed by atoms with Crippen LogP contribution in [0.5, 0.6) is 0 Å². The Balaban J connectivity index is 0.000000360. The van der Waals surface area contributed by atoms with Crippen molar-refractivity contribution in [3.05, 3.63) is 47.0 Å². The van der Waals surface area contributed by atoms with Crippen LogP contribution in [0.1, 0.15) is 28.3 Å². The number of aliphatic carboxylic acids is 1. The van der Waals surface area contributed by atoms with Gasteiger partial charge in [-0.3, -0.25) is 9.58 Å². The van der Waals surface area contributed by atoms with Gasteiger partial charge in [-0.05, 0) is 20.3 Å². The van der Waals surface area contributed by atoms with Crippen LogP contribution in [0, 0.1) is 13.8 Å². The van der Waals surface area contributed by atoms with Crippen molar-refractivity contribution < 1.29 is 27.6 Å². The van der Waals surface area contributed by atoms with Gasteiger partial charge in [-0.1, -0.05) is 5.16 Å². The number of rotatable bonds is 3. The highest BCUT2D eigenvalue weighted by atomic mass is 19.4. The van der Waals surface area contributed by atoms with Gasteiger partial charge in [-0.25, -0.2) is 14.8 Å². The van der Waals surface area contributed by atoms with E-state index in [-0.39, 0.29) is 0 Å². The molecule has 0 atom stereocenters. The van der Waals surface area contributed by atoms with E-state index in [1.807, 2.05) is 38.0 Å². The topological polar surface area (TPSA) is 110 Å². The summed E-state index contributed by atoms with van der Waals surface area (Å²) in [5.74, 6) is -1.84. The third-order valence-corrected chi connectivity index (χ3v) is 5.16. The average molecular weight is 452 g/mol. The second kappa shape index (κ2) is 9.47. The van der Waals surface area contributed by atoms with Crippen LogP contribution < -0.4 is 0 Å². The predicted octanol–water partition coefficient (Wildman–Crippen LogP) is 2.72. The van der Waals surface area contributed by atoms with Gasteiger partial charge in [0.1, 0.15) is 12.1 Å². The van der Waals surface area contributed by atoms with Crippen molar-refractivity contribution in [1.29, 1.82) is 0 Å². The van der Waals surface area contributed by atoms with Crippen LogP contribution in [0.25, 0.3) is 11.3 Å². The monoisotopic (exact) mass is 452 g/mol. The summed E-state index contributed by atoms with van der Waals surface area (Å²) in [6, 6.07) is 0. The number of nitrogens with zero attached hydrogens (tertiary/aromatic N) is 6. The Bertz CT molecular complexity index is 1070. The lowest BCUT2D eigenvalue weighted by Gasteiger charge is -2.19. The summed E-state index contributed by atoms with van der Waals surface area (Å²) in [5, 5.41) is 15.5. The van der Waals surface area contributed by atoms with Crippen molar-refractivity contribution in [3.8, 4) is 11.3 Å². The standard InChI is InChI=1S/C18H22N6O.C2HF3O2/c1-12-16(13(2)25-22-12)10-24-6-4-15-17(5-7-24)19-11-20-18(15)14-8-21-23(3)9-14;3-2(4,5)1(6)7/h8-9,11H,4-7,10H2,1-3H3;(H,6,7). The Labute approximate surface area is 181 Å². The maximum absolute atomic E-state index is 10.6. The molecule has 0 amide bonds. The molecule has 1 aliphatic heterocycles. The minimum atomic E-state index is -5.08. The zero-order valence-corrected chi connectivity index (χ0v) is 17.8. The minimum Gasteiger partial charge on any atom is -0.475 e. The fraction of sp³-hybridized carbons (Fsp3) is 0.450. The molecular weight excluding hydrogens is 429 g/mol. The number of carboxylic acid groups (broad SMARTS) is 1. The SMILES string of the molecule is Cc1noc(C)c1CN1CCc2ncnc(-c3cnn(C)c3)c2CC1.O=C(O)C(F)(F)F. The number of alkyl halides is 3. The summed E-state index contributed by atoms with van der Waals surface area (Å²) < 4.78 is 38.8. The molecular formula is C20H23F3N6O3. The van der Waals surface area contributed by atoms with Crippen molar-refractivity contribution in [2.75, 3.05) is 13.1 Å². The van der Waals surface area contributed by atoms with E-state index in [9.17, 15) is 13.2 Å². The van der Waals surface area contributed by atoms with E-state index >= 15 is 0 Å². The van der Waals surface area contributed by atoms with E-state index in [1.54, 1.807) is 6.33 Å². The molecule has 0 radical (unpaired) electrons. The third-order valence-electron chi connectivity index (χ3n) is 5.16. The molecule has 12 heteroatoms. The summed E-state index contributed by atoms with van der Waals surface area (Å²) in [6.07, 6.45) is 2.33. The molecule has 3 aromatic rings. The molecule has 4 rings (SSSR count). The van der Waals surface area contributed by atoms with Gasteiger partial charge in [-0.15, -0.1) is 0 Å². The van der Waals surface area contributed by atoms with E-state index in [0.29, 0.717) is 0 Å². The third kappa shape index (κ3) is 5.49. The molecule has 32 heavy (non-hydrogen) atoms. The zero-order chi connectivity index (χ0) is 23.5. The van der Waals surface area contributed by atoms with Gasteiger partial charge in [-0.2, -0.15) is 18.3 Å². The number of aryl methyl sites for hydroxylation is 3. The summed E-state index contributed by atoms with van der Waals surface area (Å²) in [7, 11) is 1.93. The van der Waals surface area contributed by atoms with Gasteiger partial charge in [0.15, 0.2) is 0 Å². The molecule has 0 unspecified atom stereocenters. The first-order valence-electron chi connectivity index (χ1n) is 9.82. The Hall–Kier alpha value is -3.28. The number of fused-ring (bicyclic) bond motifs is 1. The van der Waals surface area contributed by atoms with E-state index in [2.05, 4.69) is 25.1 Å². The largest absolute Gasteiger partial charge is 0.490 e. The first-order chi connectivity index (χ1) is 15.1. The Morgan fingerprint density at radius 3 is 2.47 bits per heavy atom. The van der Waals surface area contributed by atoms with Gasteiger partial charge >= 0.3 is 12.1 Å². The van der Waals surface area contributed by atoms with Crippen LogP contribution in [0.2, 0.25) is 0 Å². The smallest absolute Gasteiger partial charge is 0.475 e. The Morgan fingerprint density at radius 2 is 1.91 bits per heavy atom. The van der Waals surface area contributed by atoms with Crippen LogP contribution in [-0.4, -0.2) is 60.1 Å². The molecule has 4 heterocycles. The van der Waals surface area contributed by atoms with Gasteiger partial charge in [0.25, 0.3) is 0 Å². The van der Waals surface area contributed by atoms with Crippen molar-refractivity contribution >= 4 is 5.97 Å². The van der Waals surface area contributed by atoms with Crippen LogP contribution in [0.3, 0.4) is 0 Å². The predicted molar refractivity (Wildman–Crippen MR) is 107 cm³/mol. The molecule has 0 spiro atoms. The molecule has 0 bridgehead atoms. The maximum Gasteiger partial charge on any atom is 0.490 e. The molecule has 9 nitrogen and oxygen atoms in total. The lowest BCUT2D eigenvalue weighted by atomic mass is 10.0. The summed E-state index contributed by atoms with van der Waals surface area (Å²) in [6.45, 7) is 6.79. The van der Waals surface area contributed by atoms with Gasteiger partial charge in [0.05, 0.1) is 17.6 Å². The number of aromatic nitrogens is 5. The number of carboxylic acids is 1. The van der Waals surface area contributed by atoms with E-state index in [0.717, 1.165) is 60.9 Å². The van der Waals surface area contributed by atoms with Crippen LogP contribution in [0.4, 0.5) is 13.2 Å². The average Bonchev–Trinajstić information content (AvgIpc) is 3.22. The second-order valence-electron chi connectivity index (χ2n) is 7.43. The fourth-order valence-corrected chi connectivity index (χ4v) is 3.47. The van der Waals surface area contributed by atoms with E-state index in [4.69, 9.17) is 14.4 Å². The molecule has 3 aromatic heterocycles. The number of carbonyl (C=O) groups is 1. The highest BCUT2D eigenvalue weighted by Crippen LogP contribution is 2.26. The van der Waals surface area contributed by atoms with Gasteiger partial charge < -0.3 is 9.63 Å². The van der Waals surface area contributed by atoms with Crippen molar-refractivity contribution in [1.82, 2.24) is 29.8 Å². The number of hydrogen-bond donors (Lipinski definition) is 1. The highest BCUT2D eigenvalue weighted by Gasteiger charge is 2.38. The summed E-state index contributed by atoms with van der Waals surface area (Å²) in [4.78, 5) is 20.4. The molecule has 1 N–H and O–H groups in total. The highest BCUT2D eigenvalue weighted by molar-refractivity contribution is 5.73. The Kier molecular flexibility index (Phi) is 6.92. The molecule has 0 saturated carbocycles. The number of hydrogen-bond acceptors (Lipinski definition) is 7. The van der Waals surface area contributed by atoms with Crippen LogP contribution in [-0.2, 0) is 31.2 Å². The second-order valence-corrected chi connectivity index (χ2v) is 7.43. The molecule has 0 fully saturated rings. The molecule has 1 aliphatic rings. The summed E-state index contributed by atoms with van der Waals surface area (Å²) >= 11 is 0. The van der Waals surface area contributed by atoms with Crippen molar-refractivity contribution in [2.45, 2.75) is 39.4 Å². The normalized spacial score (nSPS) is 14.3. The van der Waals surface area contributed by atoms with Crippen molar-refractivity contribution in [3.63, 3.8) is 0 Å². The summed E-state index contributed by atoms with van der Waals surface area (Å²) in [5.41, 5.74) is 6.64. The quantitative estimate of drug-likeness (QED) is 0.646. The fourth-order valence-electron chi connectivity index (χ4n) is 3.47. The molecule has 0 aromatic carbocycles. The first kappa shape index (κ1) is 23.4. The van der Waals surface area contributed by atoms with Crippen LogP contribution in [0.15, 0.2) is 23.2 Å². The molecule has 172 valence electrons. The maximum atomic E-state index is 10.6. The van der Waals surface area contributed by atoms with Gasteiger partial charge in [0.2, 0.25) is 0 Å². The van der Waals surface area contributed by atoms with E-state index < -0.39 is 12.1 Å². The Morgan fingerprint density at radius 1 is 1.22 bits per heavy atom. The molecule has 0 aliphatic carbocycles. The number of halogens is 3. The molecule has 0 saturated heterocycles. The lowest BCUT2D eigenvalue weighted by molar-refractivity contribution is -0.192. The first-order valence-corrected chi connectivity index (χ1v) is 9.82. The lowest BCUT2D eigenvalue weighted by Crippen LogP contribution is -2.26. The van der Waals surface area contributed by atoms with Crippen molar-refractivity contribution in [2.24, 2.45) is 7.05 Å². The zero-order valence-electron chi connectivity index (χ0n) is 17.8. The minimum absolute atomic E-state index is 0.866. The van der Waals surface area contributed by atoms with E-state index in [1.165, 1.54) is 11.1 Å². The van der Waals surface area contributed by atoms with Gasteiger partial charge in [0, 0.05) is 61.7 Å².